The molecule has 6 rings (SSSR count). The number of halogens is 4. The monoisotopic (exact) mass is 668 g/mol. The molecule has 9 nitrogen and oxygen atoms in total. The van der Waals surface area contributed by atoms with E-state index in [0.29, 0.717) is 33.2 Å². The van der Waals surface area contributed by atoms with Crippen molar-refractivity contribution in [1.29, 1.82) is 0 Å². The van der Waals surface area contributed by atoms with Gasteiger partial charge < -0.3 is 14.5 Å². The van der Waals surface area contributed by atoms with Crippen molar-refractivity contribution in [3.8, 4) is 22.8 Å². The van der Waals surface area contributed by atoms with Gasteiger partial charge in [0, 0.05) is 44.8 Å². The molecule has 14 heteroatoms. The second-order valence-electron chi connectivity index (χ2n) is 11.1. The van der Waals surface area contributed by atoms with Crippen LogP contribution in [0.2, 0.25) is 0 Å². The number of amides is 2. The van der Waals surface area contributed by atoms with E-state index in [1.54, 1.807) is 48.5 Å². The standard InChI is InChI=1S/C33H28F4N4O5S/c34-25-7-11-27(12-8-25)46-26-9-4-23(5-10-26)29-2-1-3-30(38-29)31(42)39-16-18-41(19-17-39)47(44,45)28-13-6-22-14-15-40(21-24(22)20-28)32(43)33(35,36)37/h1-13,20H,14-19,21H2. The number of piperazine rings is 1. The zero-order valence-corrected chi connectivity index (χ0v) is 25.6. The first-order chi connectivity index (χ1) is 22.4. The highest BCUT2D eigenvalue weighted by molar-refractivity contribution is 7.89. The van der Waals surface area contributed by atoms with Gasteiger partial charge in [-0.25, -0.2) is 17.8 Å². The Morgan fingerprint density at radius 3 is 2.09 bits per heavy atom. The Balaban J connectivity index is 1.09. The van der Waals surface area contributed by atoms with E-state index in [1.807, 2.05) is 0 Å². The lowest BCUT2D eigenvalue weighted by molar-refractivity contribution is -0.186. The van der Waals surface area contributed by atoms with Gasteiger partial charge in [0.15, 0.2) is 0 Å². The Morgan fingerprint density at radius 1 is 0.766 bits per heavy atom. The third-order valence-electron chi connectivity index (χ3n) is 8.05. The number of fused-ring (bicyclic) bond motifs is 1. The molecule has 0 bridgehead atoms. The third-order valence-corrected chi connectivity index (χ3v) is 9.95. The van der Waals surface area contributed by atoms with Crippen molar-refractivity contribution in [1.82, 2.24) is 19.1 Å². The van der Waals surface area contributed by atoms with Crippen molar-refractivity contribution in [3.05, 3.63) is 108 Å². The molecule has 1 aromatic heterocycles. The summed E-state index contributed by atoms with van der Waals surface area (Å²) >= 11 is 0. The summed E-state index contributed by atoms with van der Waals surface area (Å²) in [4.78, 5) is 31.7. The second-order valence-corrected chi connectivity index (χ2v) is 13.0. The number of carbonyl (C=O) groups is 2. The van der Waals surface area contributed by atoms with Crippen LogP contribution >= 0.6 is 0 Å². The number of aromatic nitrogens is 1. The maximum absolute atomic E-state index is 13.5. The predicted octanol–water partition coefficient (Wildman–Crippen LogP) is 5.27. The van der Waals surface area contributed by atoms with Crippen molar-refractivity contribution < 1.29 is 40.3 Å². The lowest BCUT2D eigenvalue weighted by Gasteiger charge is -2.34. The van der Waals surface area contributed by atoms with Gasteiger partial charge in [-0.2, -0.15) is 17.5 Å². The van der Waals surface area contributed by atoms with Crippen LogP contribution in [0, 0.1) is 5.82 Å². The lowest BCUT2D eigenvalue weighted by atomic mass is 10.00. The molecule has 2 aliphatic heterocycles. The predicted molar refractivity (Wildman–Crippen MR) is 162 cm³/mol. The summed E-state index contributed by atoms with van der Waals surface area (Å²) in [5.74, 6) is -1.66. The fraction of sp³-hybridized carbons (Fsp3) is 0.242. The number of alkyl halides is 3. The molecule has 2 aliphatic rings. The van der Waals surface area contributed by atoms with Gasteiger partial charge in [0.05, 0.1) is 10.6 Å². The summed E-state index contributed by atoms with van der Waals surface area (Å²) in [6.45, 7) is -0.195. The van der Waals surface area contributed by atoms with Crippen molar-refractivity contribution in [2.24, 2.45) is 0 Å². The van der Waals surface area contributed by atoms with E-state index in [9.17, 15) is 35.6 Å². The SMILES string of the molecule is O=C(c1cccc(-c2ccc(Oc3ccc(F)cc3)cc2)n1)N1CCN(S(=O)(=O)c2ccc3c(c2)CN(C(=O)C(F)(F)F)CC3)CC1. The van der Waals surface area contributed by atoms with E-state index in [0.717, 1.165) is 5.56 Å². The summed E-state index contributed by atoms with van der Waals surface area (Å²) in [7, 11) is -4.02. The van der Waals surface area contributed by atoms with Gasteiger partial charge in [-0.15, -0.1) is 0 Å². The number of hydrogen-bond acceptors (Lipinski definition) is 6. The maximum Gasteiger partial charge on any atom is 0.471 e. The number of pyridine rings is 1. The zero-order chi connectivity index (χ0) is 33.3. The molecule has 0 spiro atoms. The van der Waals surface area contributed by atoms with Gasteiger partial charge in [-0.1, -0.05) is 12.1 Å². The quantitative estimate of drug-likeness (QED) is 0.260. The van der Waals surface area contributed by atoms with Crippen LogP contribution in [0.1, 0.15) is 21.6 Å². The molecular formula is C33H28F4N4O5S. The van der Waals surface area contributed by atoms with Gasteiger partial charge in [0.25, 0.3) is 5.91 Å². The van der Waals surface area contributed by atoms with Gasteiger partial charge >= 0.3 is 12.1 Å². The number of benzene rings is 3. The molecule has 47 heavy (non-hydrogen) atoms. The number of rotatable bonds is 6. The summed E-state index contributed by atoms with van der Waals surface area (Å²) in [6, 6.07) is 22.0. The van der Waals surface area contributed by atoms with Gasteiger partial charge in [0.2, 0.25) is 10.0 Å². The minimum absolute atomic E-state index is 0.0129. The molecule has 3 aromatic carbocycles. The first kappa shape index (κ1) is 32.1. The summed E-state index contributed by atoms with van der Waals surface area (Å²) in [6.07, 6.45) is -4.83. The minimum Gasteiger partial charge on any atom is -0.457 e. The van der Waals surface area contributed by atoms with Crippen LogP contribution in [0.4, 0.5) is 17.6 Å². The highest BCUT2D eigenvalue weighted by Crippen LogP contribution is 2.29. The summed E-state index contributed by atoms with van der Waals surface area (Å²) < 4.78 is 85.9. The largest absolute Gasteiger partial charge is 0.471 e. The van der Waals surface area contributed by atoms with Crippen LogP contribution < -0.4 is 4.74 Å². The number of ether oxygens (including phenoxy) is 1. The Hall–Kier alpha value is -4.82. The Morgan fingerprint density at radius 2 is 1.43 bits per heavy atom. The Bertz CT molecular complexity index is 1910. The number of hydrogen-bond donors (Lipinski definition) is 0. The molecule has 0 radical (unpaired) electrons. The van der Waals surface area contributed by atoms with Crippen molar-refractivity contribution >= 4 is 21.8 Å². The summed E-state index contributed by atoms with van der Waals surface area (Å²) in [5, 5.41) is 0. The van der Waals surface area contributed by atoms with E-state index in [4.69, 9.17) is 4.74 Å². The lowest BCUT2D eigenvalue weighted by Crippen LogP contribution is -2.50. The topological polar surface area (TPSA) is 100 Å². The van der Waals surface area contributed by atoms with E-state index >= 15 is 0 Å². The Kier molecular flexibility index (Phi) is 8.72. The number of nitrogens with zero attached hydrogens (tertiary/aromatic N) is 4. The minimum atomic E-state index is -5.01. The molecule has 1 fully saturated rings. The van der Waals surface area contributed by atoms with Crippen LogP contribution in [0.25, 0.3) is 11.3 Å². The molecule has 2 amide bonds. The van der Waals surface area contributed by atoms with Crippen LogP contribution in [0.15, 0.2) is 89.8 Å². The Labute approximate surface area is 268 Å². The highest BCUT2D eigenvalue weighted by Gasteiger charge is 2.43. The molecule has 0 atom stereocenters. The molecule has 0 aliphatic carbocycles. The molecular weight excluding hydrogens is 640 g/mol. The van der Waals surface area contributed by atoms with E-state index in [1.165, 1.54) is 45.6 Å². The van der Waals surface area contributed by atoms with Crippen LogP contribution in [-0.2, 0) is 27.8 Å². The molecule has 1 saturated heterocycles. The van der Waals surface area contributed by atoms with Gasteiger partial charge in [-0.3, -0.25) is 9.59 Å². The highest BCUT2D eigenvalue weighted by atomic mass is 32.2. The molecule has 0 unspecified atom stereocenters. The average molecular weight is 669 g/mol. The molecule has 244 valence electrons. The first-order valence-corrected chi connectivity index (χ1v) is 16.1. The van der Waals surface area contributed by atoms with E-state index in [2.05, 4.69) is 4.98 Å². The van der Waals surface area contributed by atoms with Crippen LogP contribution in [-0.4, -0.2) is 78.2 Å². The fourth-order valence-electron chi connectivity index (χ4n) is 5.54. The number of carbonyl (C=O) groups excluding carboxylic acids is 2. The smallest absolute Gasteiger partial charge is 0.457 e. The number of sulfonamides is 1. The summed E-state index contributed by atoms with van der Waals surface area (Å²) in [5.41, 5.74) is 2.52. The van der Waals surface area contributed by atoms with E-state index in [-0.39, 0.29) is 68.0 Å². The normalized spacial score (nSPS) is 15.7. The molecule has 0 N–H and O–H groups in total. The van der Waals surface area contributed by atoms with Gasteiger partial charge in [-0.05, 0) is 90.3 Å². The average Bonchev–Trinajstić information content (AvgIpc) is 3.08. The van der Waals surface area contributed by atoms with Crippen LogP contribution in [0.3, 0.4) is 0 Å². The van der Waals surface area contributed by atoms with E-state index < -0.39 is 22.1 Å². The second kappa shape index (κ2) is 12.8. The fourth-order valence-corrected chi connectivity index (χ4v) is 7.01. The van der Waals surface area contributed by atoms with Crippen molar-refractivity contribution in [2.45, 2.75) is 24.0 Å². The zero-order valence-electron chi connectivity index (χ0n) is 24.8. The van der Waals surface area contributed by atoms with Gasteiger partial charge in [0.1, 0.15) is 23.0 Å². The molecule has 3 heterocycles. The maximum atomic E-state index is 13.5. The first-order valence-electron chi connectivity index (χ1n) is 14.7. The third kappa shape index (κ3) is 6.98. The molecule has 4 aromatic rings. The molecule has 0 saturated carbocycles. The van der Waals surface area contributed by atoms with Crippen molar-refractivity contribution in [2.75, 3.05) is 32.7 Å². The van der Waals surface area contributed by atoms with Crippen molar-refractivity contribution in [3.63, 3.8) is 0 Å². The van der Waals surface area contributed by atoms with Crippen LogP contribution in [0.5, 0.6) is 11.5 Å².